The van der Waals surface area contributed by atoms with Crippen molar-refractivity contribution in [1.82, 2.24) is 9.96 Å². The van der Waals surface area contributed by atoms with Crippen molar-refractivity contribution in [3.63, 3.8) is 0 Å². The lowest BCUT2D eigenvalue weighted by Gasteiger charge is -2.47. The Bertz CT molecular complexity index is 1300. The van der Waals surface area contributed by atoms with E-state index in [2.05, 4.69) is 38.9 Å². The molecule has 0 unspecified atom stereocenters. The number of anilines is 1. The summed E-state index contributed by atoms with van der Waals surface area (Å²) in [5.41, 5.74) is 7.05. The van der Waals surface area contributed by atoms with Crippen molar-refractivity contribution in [2.45, 2.75) is 44.5 Å². The summed E-state index contributed by atoms with van der Waals surface area (Å²) in [7, 11) is 1.67. The van der Waals surface area contributed by atoms with Crippen molar-refractivity contribution in [1.29, 1.82) is 0 Å². The third-order valence-corrected chi connectivity index (χ3v) is 8.80. The van der Waals surface area contributed by atoms with Gasteiger partial charge >= 0.3 is 6.36 Å². The Labute approximate surface area is 225 Å². The van der Waals surface area contributed by atoms with Crippen LogP contribution in [0.3, 0.4) is 0 Å². The minimum absolute atomic E-state index is 0.159. The van der Waals surface area contributed by atoms with Crippen LogP contribution in [-0.2, 0) is 11.3 Å². The number of hydrogen-bond acceptors (Lipinski definition) is 7. The highest BCUT2D eigenvalue weighted by molar-refractivity contribution is 5.89. The molecule has 0 aromatic heterocycles. The molecule has 0 radical (unpaired) electrons. The third kappa shape index (κ3) is 4.37. The van der Waals surface area contributed by atoms with E-state index < -0.39 is 6.36 Å². The summed E-state index contributed by atoms with van der Waals surface area (Å²) in [6, 6.07) is 8.53. The number of methoxy groups -OCH3 is 1. The van der Waals surface area contributed by atoms with Crippen molar-refractivity contribution in [2.24, 2.45) is 5.92 Å². The zero-order valence-corrected chi connectivity index (χ0v) is 21.9. The highest BCUT2D eigenvalue weighted by Crippen LogP contribution is 2.54. The van der Waals surface area contributed by atoms with Crippen LogP contribution in [0.4, 0.5) is 18.9 Å². The molecule has 208 valence electrons. The maximum Gasteiger partial charge on any atom is 0.539 e. The monoisotopic (exact) mass is 543 g/mol. The van der Waals surface area contributed by atoms with Crippen molar-refractivity contribution in [2.75, 3.05) is 51.5 Å². The largest absolute Gasteiger partial charge is 0.539 e. The first-order chi connectivity index (χ1) is 18.9. The Morgan fingerprint density at radius 1 is 0.949 bits per heavy atom. The van der Waals surface area contributed by atoms with Gasteiger partial charge < -0.3 is 24.0 Å². The van der Waals surface area contributed by atoms with Gasteiger partial charge in [-0.3, -0.25) is 0 Å². The molecule has 0 amide bonds. The number of hydrogen-bond donors (Lipinski definition) is 0. The molecule has 0 spiro atoms. The zero-order chi connectivity index (χ0) is 26.7. The van der Waals surface area contributed by atoms with E-state index >= 15 is 0 Å². The molecule has 4 aliphatic heterocycles. The minimum Gasteiger partial charge on any atom is -0.495 e. The minimum atomic E-state index is -4.68. The van der Waals surface area contributed by atoms with Gasteiger partial charge in [-0.2, -0.15) is 5.06 Å². The van der Waals surface area contributed by atoms with Crippen molar-refractivity contribution < 1.29 is 32.2 Å². The van der Waals surface area contributed by atoms with Gasteiger partial charge in [-0.1, -0.05) is 18.9 Å². The molecule has 5 aliphatic rings. The van der Waals surface area contributed by atoms with Crippen molar-refractivity contribution >= 4 is 17.5 Å². The van der Waals surface area contributed by atoms with Crippen LogP contribution >= 0.6 is 0 Å². The lowest BCUT2D eigenvalue weighted by atomic mass is 9.79. The summed E-state index contributed by atoms with van der Waals surface area (Å²) in [5.74, 6) is 2.85. The van der Waals surface area contributed by atoms with Crippen LogP contribution in [0.5, 0.6) is 17.2 Å². The molecule has 39 heavy (non-hydrogen) atoms. The molecule has 0 bridgehead atoms. The second-order valence-corrected chi connectivity index (χ2v) is 10.9. The first-order valence-electron chi connectivity index (χ1n) is 13.8. The van der Waals surface area contributed by atoms with Crippen LogP contribution in [0.1, 0.15) is 54.0 Å². The first-order valence-corrected chi connectivity index (χ1v) is 13.8. The number of alkyl halides is 3. The summed E-state index contributed by atoms with van der Waals surface area (Å²) >= 11 is 0. The normalized spacial score (nSPS) is 22.9. The highest BCUT2D eigenvalue weighted by Gasteiger charge is 2.42. The van der Waals surface area contributed by atoms with E-state index in [9.17, 15) is 13.2 Å². The molecule has 7 rings (SSSR count). The fourth-order valence-corrected chi connectivity index (χ4v) is 7.14. The summed E-state index contributed by atoms with van der Waals surface area (Å²) in [5, 5.41) is 1.01. The van der Waals surface area contributed by atoms with Crippen LogP contribution in [0.15, 0.2) is 24.3 Å². The Morgan fingerprint density at radius 3 is 2.41 bits per heavy atom. The molecule has 2 fully saturated rings. The van der Waals surface area contributed by atoms with Gasteiger partial charge in [-0.15, -0.1) is 13.2 Å². The molecule has 1 saturated heterocycles. The van der Waals surface area contributed by atoms with E-state index in [-0.39, 0.29) is 25.9 Å². The Kier molecular flexibility index (Phi) is 6.08. The van der Waals surface area contributed by atoms with Gasteiger partial charge in [0.05, 0.1) is 18.8 Å². The third-order valence-electron chi connectivity index (χ3n) is 8.80. The number of fused-ring (bicyclic) bond motifs is 5. The van der Waals surface area contributed by atoms with Crippen LogP contribution in [0, 0.1) is 5.92 Å². The number of piperazine rings is 1. The van der Waals surface area contributed by atoms with Gasteiger partial charge in [-0.25, -0.2) is 4.84 Å². The fraction of sp³-hybridized carbons (Fsp3) is 0.517. The summed E-state index contributed by atoms with van der Waals surface area (Å²) in [6.45, 7) is 2.30. The lowest BCUT2D eigenvalue weighted by Crippen LogP contribution is -2.49. The maximum atomic E-state index is 12.8. The molecule has 1 saturated carbocycles. The van der Waals surface area contributed by atoms with E-state index in [1.54, 1.807) is 7.11 Å². The maximum absolute atomic E-state index is 12.8. The average Bonchev–Trinajstić information content (AvgIpc) is 3.62. The van der Waals surface area contributed by atoms with Crippen molar-refractivity contribution in [3.8, 4) is 17.2 Å². The predicted molar refractivity (Wildman–Crippen MR) is 139 cm³/mol. The van der Waals surface area contributed by atoms with Gasteiger partial charge in [0, 0.05) is 49.5 Å². The summed E-state index contributed by atoms with van der Waals surface area (Å²) < 4.78 is 55.8. The lowest BCUT2D eigenvalue weighted by molar-refractivity contribution is -0.414. The highest BCUT2D eigenvalue weighted by atomic mass is 19.4. The Hall–Kier alpha value is -3.11. The van der Waals surface area contributed by atoms with Gasteiger partial charge in [0.25, 0.3) is 0 Å². The van der Waals surface area contributed by atoms with E-state index in [0.717, 1.165) is 59.4 Å². The molecule has 2 aromatic carbocycles. The van der Waals surface area contributed by atoms with Gasteiger partial charge in [0.15, 0.2) is 11.5 Å². The van der Waals surface area contributed by atoms with E-state index in [1.165, 1.54) is 35.2 Å². The predicted octanol–water partition coefficient (Wildman–Crippen LogP) is 5.60. The zero-order valence-electron chi connectivity index (χ0n) is 21.9. The fourth-order valence-electron chi connectivity index (χ4n) is 7.14. The molecule has 0 N–H and O–H groups in total. The molecule has 10 heteroatoms. The second kappa shape index (κ2) is 9.52. The van der Waals surface area contributed by atoms with Gasteiger partial charge in [0.1, 0.15) is 5.75 Å². The molecule has 1 atom stereocenters. The summed E-state index contributed by atoms with van der Waals surface area (Å²) in [6.07, 6.45) is 3.25. The quantitative estimate of drug-likeness (QED) is 0.498. The van der Waals surface area contributed by atoms with E-state index in [0.29, 0.717) is 19.0 Å². The van der Waals surface area contributed by atoms with Crippen LogP contribution in [0.25, 0.3) is 11.8 Å². The van der Waals surface area contributed by atoms with Crippen molar-refractivity contribution in [3.05, 3.63) is 46.5 Å². The molecular formula is C29H32F3N3O4. The number of ether oxygens (including phenoxy) is 3. The molecule has 4 heterocycles. The number of nitrogens with zero attached hydrogens (tertiary/aromatic N) is 3. The standard InChI is InChI=1S/C29H32F3N3O4/c1-36-23-7-6-20-14-22-21-16-25-24(37-17-38-25)15-19(21)8-9-35(22)27(18-4-2-3-5-18)26(20)28(23)33-10-12-34(13-11-33)39-29(30,31)32/h6-7,14-16,18,27H,2-5,8-13,17H2,1H3/t27-/m1/s1. The molecular weight excluding hydrogens is 511 g/mol. The van der Waals surface area contributed by atoms with Crippen LogP contribution in [0.2, 0.25) is 0 Å². The Balaban J connectivity index is 1.32. The number of rotatable bonds is 4. The smallest absolute Gasteiger partial charge is 0.495 e. The molecule has 2 aromatic rings. The Morgan fingerprint density at radius 2 is 1.69 bits per heavy atom. The van der Waals surface area contributed by atoms with Crippen LogP contribution in [-0.4, -0.2) is 63.0 Å². The van der Waals surface area contributed by atoms with Crippen LogP contribution < -0.4 is 19.1 Å². The summed E-state index contributed by atoms with van der Waals surface area (Å²) in [4.78, 5) is 8.96. The van der Waals surface area contributed by atoms with E-state index in [1.807, 2.05) is 6.07 Å². The number of halogens is 3. The molecule has 1 aliphatic carbocycles. The number of benzene rings is 2. The van der Waals surface area contributed by atoms with Gasteiger partial charge in [0.2, 0.25) is 6.79 Å². The molecule has 7 nitrogen and oxygen atoms in total. The first kappa shape index (κ1) is 24.9. The SMILES string of the molecule is COc1ccc2c(c1N1CCN(OC(F)(F)F)CC1)[C@@H](C1CCCC1)N1CCc3cc4c(cc3C1=C2)OCO4. The second-order valence-electron chi connectivity index (χ2n) is 10.9. The topological polar surface area (TPSA) is 46.6 Å². The number of hydroxylamine groups is 2. The average molecular weight is 544 g/mol. The van der Waals surface area contributed by atoms with E-state index in [4.69, 9.17) is 14.2 Å². The van der Waals surface area contributed by atoms with Gasteiger partial charge in [-0.05, 0) is 60.6 Å².